The highest BCUT2D eigenvalue weighted by atomic mass is 32.1. The summed E-state index contributed by atoms with van der Waals surface area (Å²) in [5.74, 6) is 0.637. The van der Waals surface area contributed by atoms with Gasteiger partial charge in [-0.25, -0.2) is 4.99 Å². The van der Waals surface area contributed by atoms with Crippen LogP contribution in [0, 0.1) is 0 Å². The monoisotopic (exact) mass is 675 g/mol. The van der Waals surface area contributed by atoms with E-state index in [9.17, 15) is 0 Å². The third-order valence-corrected chi connectivity index (χ3v) is 10.6. The molecule has 7 aromatic carbocycles. The van der Waals surface area contributed by atoms with Crippen LogP contribution in [0.5, 0.6) is 0 Å². The van der Waals surface area contributed by atoms with Crippen molar-refractivity contribution in [1.82, 2.24) is 5.32 Å². The van der Waals surface area contributed by atoms with Gasteiger partial charge < -0.3 is 15.5 Å². The van der Waals surface area contributed by atoms with Crippen molar-refractivity contribution >= 4 is 65.0 Å². The van der Waals surface area contributed by atoms with Crippen LogP contribution in [0.3, 0.4) is 0 Å². The molecule has 0 radical (unpaired) electrons. The lowest BCUT2D eigenvalue weighted by Gasteiger charge is -2.19. The molecule has 0 saturated carbocycles. The molecule has 0 aliphatic carbocycles. The van der Waals surface area contributed by atoms with Crippen LogP contribution in [0.1, 0.15) is 22.9 Å². The second-order valence-corrected chi connectivity index (χ2v) is 13.8. The quantitative estimate of drug-likeness (QED) is 0.100. The number of thiophene rings is 1. The number of nitrogens with zero attached hydrogens (tertiary/aromatic N) is 1. The van der Waals surface area contributed by atoms with Gasteiger partial charge in [-0.1, -0.05) is 134 Å². The van der Waals surface area contributed by atoms with Crippen LogP contribution in [0.15, 0.2) is 180 Å². The maximum Gasteiger partial charge on any atom is 0.136 e. The largest absolute Gasteiger partial charge is 0.456 e. The third kappa shape index (κ3) is 5.79. The molecule has 2 aromatic heterocycles. The molecule has 0 fully saturated rings. The van der Waals surface area contributed by atoms with Gasteiger partial charge in [0.1, 0.15) is 23.2 Å². The molecule has 4 nitrogen and oxygen atoms in total. The number of amidine groups is 1. The summed E-state index contributed by atoms with van der Waals surface area (Å²) in [4.78, 5) is 5.13. The van der Waals surface area contributed by atoms with Crippen LogP contribution in [-0.4, -0.2) is 5.84 Å². The smallest absolute Gasteiger partial charge is 0.136 e. The topological polar surface area (TPSA) is 63.5 Å². The molecule has 0 saturated heterocycles. The summed E-state index contributed by atoms with van der Waals surface area (Å²) in [7, 11) is 0. The van der Waals surface area contributed by atoms with Crippen LogP contribution in [0.25, 0.3) is 70.1 Å². The standard InChI is InChI=1S/C46H33N3OS/c1-29(32-22-25-39-41(27-32)50-40-20-11-19-36(44(39)40)31-14-6-3-7-15-31)48-46(35-17-10-16-33(26-35)30-12-4-2-5-13-30)49-45(47)34-23-24-38-37-18-8-9-21-42(37)51-43(38)28-34/h2-28,45H,1,47H2,(H,48,49). The predicted molar refractivity (Wildman–Crippen MR) is 216 cm³/mol. The molecule has 0 amide bonds. The molecule has 9 rings (SSSR count). The lowest BCUT2D eigenvalue weighted by molar-refractivity contribution is 0.669. The molecule has 244 valence electrons. The molecule has 1 atom stereocenters. The molecular formula is C46H33N3OS. The first-order chi connectivity index (χ1) is 25.1. The zero-order valence-corrected chi connectivity index (χ0v) is 28.5. The summed E-state index contributed by atoms with van der Waals surface area (Å²) in [6, 6.07) is 56.5. The fourth-order valence-electron chi connectivity index (χ4n) is 6.89. The number of hydrogen-bond donors (Lipinski definition) is 2. The Labute approximate surface area is 299 Å². The Bertz CT molecular complexity index is 2760. The van der Waals surface area contributed by atoms with E-state index in [0.717, 1.165) is 60.9 Å². The number of furan rings is 1. The van der Waals surface area contributed by atoms with Crippen molar-refractivity contribution in [3.63, 3.8) is 0 Å². The van der Waals surface area contributed by atoms with Crippen molar-refractivity contribution < 1.29 is 4.42 Å². The third-order valence-electron chi connectivity index (χ3n) is 9.46. The Morgan fingerprint density at radius 2 is 1.29 bits per heavy atom. The highest BCUT2D eigenvalue weighted by Crippen LogP contribution is 2.38. The van der Waals surface area contributed by atoms with E-state index in [2.05, 4.69) is 133 Å². The highest BCUT2D eigenvalue weighted by molar-refractivity contribution is 7.25. The fourth-order valence-corrected chi connectivity index (χ4v) is 8.04. The molecule has 5 heteroatoms. The summed E-state index contributed by atoms with van der Waals surface area (Å²) in [5.41, 5.74) is 16.4. The SMILES string of the molecule is C=C(/N=C(\NC(N)c1ccc2c(c1)sc1ccccc12)c1cccc(-c2ccccc2)c1)c1ccc2c(c1)oc1cccc(-c3ccccc3)c12. The summed E-state index contributed by atoms with van der Waals surface area (Å²) in [6.45, 7) is 4.43. The summed E-state index contributed by atoms with van der Waals surface area (Å²) < 4.78 is 8.88. The van der Waals surface area contributed by atoms with E-state index in [4.69, 9.17) is 15.1 Å². The van der Waals surface area contributed by atoms with Gasteiger partial charge in [0.25, 0.3) is 0 Å². The summed E-state index contributed by atoms with van der Waals surface area (Å²) in [6.07, 6.45) is -0.513. The summed E-state index contributed by atoms with van der Waals surface area (Å²) >= 11 is 1.78. The normalized spacial score (nSPS) is 12.5. The lowest BCUT2D eigenvalue weighted by Crippen LogP contribution is -2.34. The number of aliphatic imine (C=N–C) groups is 1. The average molecular weight is 676 g/mol. The Balaban J connectivity index is 1.10. The molecule has 51 heavy (non-hydrogen) atoms. The van der Waals surface area contributed by atoms with Gasteiger partial charge in [-0.3, -0.25) is 0 Å². The Hall–Kier alpha value is -6.27. The van der Waals surface area contributed by atoms with Gasteiger partial charge in [0.05, 0.1) is 5.70 Å². The van der Waals surface area contributed by atoms with Crippen molar-refractivity contribution in [2.75, 3.05) is 0 Å². The average Bonchev–Trinajstić information content (AvgIpc) is 3.76. The van der Waals surface area contributed by atoms with Gasteiger partial charge in [-0.05, 0) is 64.2 Å². The van der Waals surface area contributed by atoms with E-state index in [1.54, 1.807) is 11.3 Å². The Kier molecular flexibility index (Phi) is 7.77. The van der Waals surface area contributed by atoms with E-state index in [0.29, 0.717) is 11.5 Å². The molecule has 0 aliphatic rings. The lowest BCUT2D eigenvalue weighted by atomic mass is 9.99. The first-order valence-corrected chi connectivity index (χ1v) is 17.8. The Morgan fingerprint density at radius 1 is 0.588 bits per heavy atom. The number of nitrogens with one attached hydrogen (secondary N) is 1. The molecule has 2 heterocycles. The Morgan fingerprint density at radius 3 is 2.14 bits per heavy atom. The number of fused-ring (bicyclic) bond motifs is 6. The number of rotatable bonds is 7. The van der Waals surface area contributed by atoms with Gasteiger partial charge in [-0.15, -0.1) is 11.3 Å². The number of hydrogen-bond acceptors (Lipinski definition) is 4. The van der Waals surface area contributed by atoms with Crippen LogP contribution in [-0.2, 0) is 0 Å². The van der Waals surface area contributed by atoms with E-state index in [-0.39, 0.29) is 0 Å². The highest BCUT2D eigenvalue weighted by Gasteiger charge is 2.17. The maximum absolute atomic E-state index is 6.93. The van der Waals surface area contributed by atoms with E-state index < -0.39 is 6.17 Å². The van der Waals surface area contributed by atoms with Gasteiger partial charge in [-0.2, -0.15) is 0 Å². The van der Waals surface area contributed by atoms with E-state index in [1.807, 2.05) is 42.5 Å². The number of benzene rings is 7. The van der Waals surface area contributed by atoms with Crippen LogP contribution in [0.4, 0.5) is 0 Å². The van der Waals surface area contributed by atoms with E-state index >= 15 is 0 Å². The second kappa shape index (κ2) is 12.9. The van der Waals surface area contributed by atoms with E-state index in [1.165, 1.54) is 20.2 Å². The summed E-state index contributed by atoms with van der Waals surface area (Å²) in [5, 5.41) is 8.21. The zero-order valence-electron chi connectivity index (χ0n) is 27.7. The minimum atomic E-state index is -0.513. The molecule has 0 spiro atoms. The van der Waals surface area contributed by atoms with Gasteiger partial charge in [0.15, 0.2) is 0 Å². The van der Waals surface area contributed by atoms with Crippen LogP contribution >= 0.6 is 11.3 Å². The van der Waals surface area contributed by atoms with Crippen LogP contribution < -0.4 is 11.1 Å². The first kappa shape index (κ1) is 30.8. The fraction of sp³-hybridized carbons (Fsp3) is 0.0217. The second-order valence-electron chi connectivity index (χ2n) is 12.7. The minimum absolute atomic E-state index is 0.513. The van der Waals surface area contributed by atoms with Gasteiger partial charge in [0.2, 0.25) is 0 Å². The number of nitrogens with two attached hydrogens (primary N) is 1. The van der Waals surface area contributed by atoms with Crippen molar-refractivity contribution in [2.45, 2.75) is 6.17 Å². The molecule has 1 unspecified atom stereocenters. The molecule has 0 aliphatic heterocycles. The van der Waals surface area contributed by atoms with Crippen molar-refractivity contribution in [2.24, 2.45) is 10.7 Å². The van der Waals surface area contributed by atoms with Gasteiger partial charge >= 0.3 is 0 Å². The molecular weight excluding hydrogens is 643 g/mol. The predicted octanol–water partition coefficient (Wildman–Crippen LogP) is 12.0. The maximum atomic E-state index is 6.93. The van der Waals surface area contributed by atoms with Gasteiger partial charge in [0, 0.05) is 42.1 Å². The zero-order chi connectivity index (χ0) is 34.3. The molecule has 0 bridgehead atoms. The van der Waals surface area contributed by atoms with Crippen molar-refractivity contribution in [3.8, 4) is 22.3 Å². The van der Waals surface area contributed by atoms with Crippen LogP contribution in [0.2, 0.25) is 0 Å². The first-order valence-electron chi connectivity index (χ1n) is 17.0. The van der Waals surface area contributed by atoms with Crippen molar-refractivity contribution in [1.29, 1.82) is 0 Å². The molecule has 9 aromatic rings. The molecule has 3 N–H and O–H groups in total. The van der Waals surface area contributed by atoms with Crippen molar-refractivity contribution in [3.05, 3.63) is 187 Å². The minimum Gasteiger partial charge on any atom is -0.456 e.